The standard InChI is InChI=1S/C8H12/c1-7(2,3)8-4-5(8)6(4)8/h4-6H,1-3H3. The van der Waals surface area contributed by atoms with E-state index in [1.807, 2.05) is 0 Å². The Bertz CT molecular complexity index is 145. The van der Waals surface area contributed by atoms with Crippen molar-refractivity contribution in [3.8, 4) is 0 Å². The molecular formula is C8H12. The topological polar surface area (TPSA) is 0 Å². The van der Waals surface area contributed by atoms with E-state index in [9.17, 15) is 0 Å². The molecule has 0 aromatic carbocycles. The van der Waals surface area contributed by atoms with Gasteiger partial charge in [-0.05, 0) is 28.6 Å². The first-order chi connectivity index (χ1) is 3.62. The first-order valence-electron chi connectivity index (χ1n) is 3.62. The fourth-order valence-electron chi connectivity index (χ4n) is 2.85. The summed E-state index contributed by atoms with van der Waals surface area (Å²) in [5.74, 6) is 3.72. The molecule has 0 aromatic rings. The molecule has 0 aromatic heterocycles. The molecule has 0 amide bonds. The van der Waals surface area contributed by atoms with Crippen LogP contribution in [0.3, 0.4) is 0 Å². The van der Waals surface area contributed by atoms with Crippen molar-refractivity contribution >= 4 is 0 Å². The van der Waals surface area contributed by atoms with Crippen molar-refractivity contribution in [1.29, 1.82) is 0 Å². The van der Waals surface area contributed by atoms with Gasteiger partial charge >= 0.3 is 0 Å². The van der Waals surface area contributed by atoms with Crippen molar-refractivity contribution in [2.75, 3.05) is 0 Å². The number of hydrogen-bond acceptors (Lipinski definition) is 0. The van der Waals surface area contributed by atoms with E-state index in [-0.39, 0.29) is 0 Å². The van der Waals surface area contributed by atoms with E-state index in [0.29, 0.717) is 5.41 Å². The second-order valence-corrected chi connectivity index (χ2v) is 4.76. The summed E-state index contributed by atoms with van der Waals surface area (Å²) in [7, 11) is 0. The quantitative estimate of drug-likeness (QED) is 0.444. The van der Waals surface area contributed by atoms with Crippen LogP contribution in [0.15, 0.2) is 0 Å². The molecule has 0 nitrogen and oxygen atoms in total. The maximum absolute atomic E-state index is 2.40. The van der Waals surface area contributed by atoms with Crippen molar-refractivity contribution < 1.29 is 0 Å². The average molecular weight is 108 g/mol. The van der Waals surface area contributed by atoms with Crippen LogP contribution in [0.25, 0.3) is 0 Å². The Morgan fingerprint density at radius 1 is 1.00 bits per heavy atom. The Morgan fingerprint density at radius 3 is 1.38 bits per heavy atom. The van der Waals surface area contributed by atoms with Crippen molar-refractivity contribution in [1.82, 2.24) is 0 Å². The maximum Gasteiger partial charge on any atom is -0.0146 e. The van der Waals surface area contributed by atoms with Gasteiger partial charge in [-0.3, -0.25) is 0 Å². The lowest BCUT2D eigenvalue weighted by atomic mass is 9.89. The molecule has 0 aliphatic heterocycles. The molecule has 0 heterocycles. The minimum absolute atomic E-state index is 0.660. The summed E-state index contributed by atoms with van der Waals surface area (Å²) in [6.45, 7) is 7.19. The van der Waals surface area contributed by atoms with E-state index < -0.39 is 0 Å². The molecule has 0 heteroatoms. The summed E-state index contributed by atoms with van der Waals surface area (Å²) in [6.07, 6.45) is 0. The zero-order valence-electron chi connectivity index (χ0n) is 5.73. The van der Waals surface area contributed by atoms with Crippen molar-refractivity contribution in [3.05, 3.63) is 0 Å². The van der Waals surface area contributed by atoms with Crippen molar-refractivity contribution in [3.63, 3.8) is 0 Å². The summed E-state index contributed by atoms with van der Waals surface area (Å²) in [6, 6.07) is 0. The maximum atomic E-state index is 2.40. The molecule has 4 fully saturated rings. The molecule has 0 spiro atoms. The van der Waals surface area contributed by atoms with Gasteiger partial charge in [-0.2, -0.15) is 0 Å². The molecule has 4 aliphatic rings. The van der Waals surface area contributed by atoms with Crippen LogP contribution in [0.4, 0.5) is 0 Å². The molecule has 0 bridgehead atoms. The highest BCUT2D eigenvalue weighted by Crippen LogP contribution is 3.13. The summed E-state index contributed by atoms with van der Waals surface area (Å²) in [5, 5.41) is 0. The van der Waals surface area contributed by atoms with Crippen LogP contribution >= 0.6 is 0 Å². The van der Waals surface area contributed by atoms with Crippen LogP contribution in [0, 0.1) is 28.6 Å². The van der Waals surface area contributed by atoms with Crippen molar-refractivity contribution in [2.45, 2.75) is 20.8 Å². The highest BCUT2D eigenvalue weighted by Gasteiger charge is 3.10. The van der Waals surface area contributed by atoms with Crippen LogP contribution in [0.1, 0.15) is 20.8 Å². The minimum atomic E-state index is 0.660. The van der Waals surface area contributed by atoms with Gasteiger partial charge in [-0.15, -0.1) is 0 Å². The van der Waals surface area contributed by atoms with Crippen LogP contribution < -0.4 is 0 Å². The molecule has 8 heavy (non-hydrogen) atoms. The second kappa shape index (κ2) is 0.571. The van der Waals surface area contributed by atoms with Gasteiger partial charge in [0.1, 0.15) is 0 Å². The molecule has 0 radical (unpaired) electrons. The molecule has 44 valence electrons. The predicted molar refractivity (Wildman–Crippen MR) is 32.4 cm³/mol. The van der Waals surface area contributed by atoms with Gasteiger partial charge in [-0.25, -0.2) is 0 Å². The summed E-state index contributed by atoms with van der Waals surface area (Å²) in [5.41, 5.74) is 1.60. The first-order valence-corrected chi connectivity index (χ1v) is 3.62. The van der Waals surface area contributed by atoms with Gasteiger partial charge in [0.25, 0.3) is 0 Å². The molecule has 4 saturated carbocycles. The Balaban J connectivity index is 2.01. The predicted octanol–water partition coefficient (Wildman–Crippen LogP) is 1.91. The third-order valence-electron chi connectivity index (χ3n) is 3.65. The summed E-state index contributed by atoms with van der Waals surface area (Å²) >= 11 is 0. The van der Waals surface area contributed by atoms with Gasteiger partial charge in [0.05, 0.1) is 0 Å². The normalized spacial score (nSPS) is 71.6. The largest absolute Gasteiger partial charge is 0.0596 e. The number of rotatable bonds is 0. The smallest absolute Gasteiger partial charge is 0.0146 e. The SMILES string of the molecule is CC(C)(C)C12C3C1C32. The van der Waals surface area contributed by atoms with E-state index in [4.69, 9.17) is 0 Å². The summed E-state index contributed by atoms with van der Waals surface area (Å²) < 4.78 is 0. The van der Waals surface area contributed by atoms with E-state index >= 15 is 0 Å². The molecule has 4 aliphatic carbocycles. The minimum Gasteiger partial charge on any atom is -0.0596 e. The fraction of sp³-hybridized carbons (Fsp3) is 1.00. The zero-order valence-corrected chi connectivity index (χ0v) is 5.73. The van der Waals surface area contributed by atoms with Gasteiger partial charge in [0, 0.05) is 0 Å². The second-order valence-electron chi connectivity index (χ2n) is 4.76. The third-order valence-corrected chi connectivity index (χ3v) is 3.65. The van der Waals surface area contributed by atoms with Crippen molar-refractivity contribution in [2.24, 2.45) is 28.6 Å². The highest BCUT2D eigenvalue weighted by atomic mass is 15.1. The van der Waals surface area contributed by atoms with Crippen LogP contribution in [0.2, 0.25) is 0 Å². The molecule has 0 saturated heterocycles. The molecule has 0 N–H and O–H groups in total. The fourth-order valence-corrected chi connectivity index (χ4v) is 2.85. The lowest BCUT2D eigenvalue weighted by Gasteiger charge is -2.16. The molecule has 0 unspecified atom stereocenters. The third kappa shape index (κ3) is 0.156. The van der Waals surface area contributed by atoms with E-state index in [2.05, 4.69) is 20.8 Å². The monoisotopic (exact) mass is 108 g/mol. The van der Waals surface area contributed by atoms with Gasteiger partial charge < -0.3 is 0 Å². The van der Waals surface area contributed by atoms with Crippen LogP contribution in [0.5, 0.6) is 0 Å². The lowest BCUT2D eigenvalue weighted by Crippen LogP contribution is -2.08. The Morgan fingerprint density at radius 2 is 1.38 bits per heavy atom. The van der Waals surface area contributed by atoms with Gasteiger partial charge in [0.2, 0.25) is 0 Å². The number of hydrogen-bond donors (Lipinski definition) is 0. The van der Waals surface area contributed by atoms with Crippen LogP contribution in [-0.2, 0) is 0 Å². The Kier molecular flexibility index (Phi) is 0.280. The first kappa shape index (κ1) is 3.92. The summed E-state index contributed by atoms with van der Waals surface area (Å²) in [4.78, 5) is 0. The van der Waals surface area contributed by atoms with E-state index in [1.165, 1.54) is 17.8 Å². The zero-order chi connectivity index (χ0) is 5.73. The lowest BCUT2D eigenvalue weighted by molar-refractivity contribution is 0.328. The highest BCUT2D eigenvalue weighted by molar-refractivity contribution is 5.56. The molecule has 0 atom stereocenters. The Hall–Kier alpha value is 0. The van der Waals surface area contributed by atoms with Gasteiger partial charge in [0.15, 0.2) is 0 Å². The molecule has 4 rings (SSSR count). The molecular weight excluding hydrogens is 96.1 g/mol. The average Bonchev–Trinajstić information content (AvgIpc) is 2.24. The van der Waals surface area contributed by atoms with Gasteiger partial charge in [-0.1, -0.05) is 20.8 Å². The van der Waals surface area contributed by atoms with E-state index in [1.54, 1.807) is 0 Å². The Labute approximate surface area is 50.3 Å². The van der Waals surface area contributed by atoms with Crippen LogP contribution in [-0.4, -0.2) is 0 Å². The van der Waals surface area contributed by atoms with E-state index in [0.717, 1.165) is 5.41 Å².